The van der Waals surface area contributed by atoms with Crippen molar-refractivity contribution in [1.82, 2.24) is 4.31 Å². The molecule has 0 radical (unpaired) electrons. The number of halogens is 2. The Balaban J connectivity index is 3.32. The van der Waals surface area contributed by atoms with E-state index < -0.39 is 33.2 Å². The predicted molar refractivity (Wildman–Crippen MR) is 67.1 cm³/mol. The number of benzene rings is 1. The first-order valence-corrected chi connectivity index (χ1v) is 6.96. The lowest BCUT2D eigenvalue weighted by Gasteiger charge is -2.20. The molecule has 19 heavy (non-hydrogen) atoms. The van der Waals surface area contributed by atoms with E-state index in [-0.39, 0.29) is 18.7 Å². The number of nitrogens with zero attached hydrogens (tertiary/aromatic N) is 1. The third-order valence-corrected chi connectivity index (χ3v) is 4.39. The van der Waals surface area contributed by atoms with Crippen LogP contribution in [0.15, 0.2) is 29.7 Å². The van der Waals surface area contributed by atoms with E-state index in [1.54, 1.807) is 0 Å². The molecule has 0 saturated heterocycles. The van der Waals surface area contributed by atoms with Crippen LogP contribution in [0, 0.1) is 18.6 Å². The summed E-state index contributed by atoms with van der Waals surface area (Å²) in [4.78, 5) is -0.745. The fourth-order valence-electron chi connectivity index (χ4n) is 1.53. The van der Waals surface area contributed by atoms with Crippen molar-refractivity contribution in [3.05, 3.63) is 42.0 Å². The van der Waals surface area contributed by atoms with Crippen molar-refractivity contribution >= 4 is 10.0 Å². The van der Waals surface area contributed by atoms with Gasteiger partial charge in [0.2, 0.25) is 10.0 Å². The quantitative estimate of drug-likeness (QED) is 0.807. The lowest BCUT2D eigenvalue weighted by molar-refractivity contribution is 0.260. The summed E-state index contributed by atoms with van der Waals surface area (Å²) in [7, 11) is -4.21. The van der Waals surface area contributed by atoms with Crippen LogP contribution >= 0.6 is 0 Å². The summed E-state index contributed by atoms with van der Waals surface area (Å²) >= 11 is 0. The van der Waals surface area contributed by atoms with Crippen molar-refractivity contribution < 1.29 is 22.3 Å². The summed E-state index contributed by atoms with van der Waals surface area (Å²) in [5.74, 6) is -1.83. The van der Waals surface area contributed by atoms with E-state index in [2.05, 4.69) is 6.58 Å². The summed E-state index contributed by atoms with van der Waals surface area (Å²) in [6.45, 7) is 3.98. The van der Waals surface area contributed by atoms with Gasteiger partial charge in [-0.25, -0.2) is 17.2 Å². The summed E-state index contributed by atoms with van der Waals surface area (Å²) in [5, 5.41) is 8.83. The Bertz CT molecular complexity index is 573. The monoisotopic (exact) mass is 291 g/mol. The molecule has 0 spiro atoms. The van der Waals surface area contributed by atoms with Gasteiger partial charge in [0.1, 0.15) is 16.5 Å². The summed E-state index contributed by atoms with van der Waals surface area (Å²) in [5.41, 5.74) is 0.0221. The van der Waals surface area contributed by atoms with Gasteiger partial charge in [0.15, 0.2) is 0 Å². The second-order valence-electron chi connectivity index (χ2n) is 3.91. The molecule has 0 aliphatic rings. The van der Waals surface area contributed by atoms with Crippen molar-refractivity contribution in [2.75, 3.05) is 19.7 Å². The Hall–Kier alpha value is -1.31. The van der Waals surface area contributed by atoms with Gasteiger partial charge in [0.25, 0.3) is 0 Å². The molecule has 106 valence electrons. The molecule has 0 atom stereocenters. The van der Waals surface area contributed by atoms with E-state index in [1.807, 2.05) is 0 Å². The van der Waals surface area contributed by atoms with E-state index >= 15 is 0 Å². The first-order chi connectivity index (χ1) is 8.84. The van der Waals surface area contributed by atoms with Crippen LogP contribution in [0.2, 0.25) is 0 Å². The maximum Gasteiger partial charge on any atom is 0.246 e. The first-order valence-electron chi connectivity index (χ1n) is 5.52. The molecule has 0 fully saturated rings. The second-order valence-corrected chi connectivity index (χ2v) is 5.81. The number of aliphatic hydroxyl groups is 1. The topological polar surface area (TPSA) is 57.6 Å². The molecule has 0 saturated carbocycles. The molecule has 0 aliphatic carbocycles. The highest BCUT2D eigenvalue weighted by Crippen LogP contribution is 2.22. The minimum Gasteiger partial charge on any atom is -0.395 e. The Morgan fingerprint density at radius 2 is 2.00 bits per heavy atom. The molecule has 0 amide bonds. The zero-order valence-corrected chi connectivity index (χ0v) is 11.3. The van der Waals surface area contributed by atoms with Crippen molar-refractivity contribution in [1.29, 1.82) is 0 Å². The SMILES string of the molecule is C=CCN(CCO)S(=O)(=O)c1cc(F)c(C)cc1F. The van der Waals surface area contributed by atoms with Gasteiger partial charge < -0.3 is 5.11 Å². The van der Waals surface area contributed by atoms with Crippen LogP contribution in [0.3, 0.4) is 0 Å². The first kappa shape index (κ1) is 15.7. The average molecular weight is 291 g/mol. The molecular formula is C12H15F2NO3S. The second kappa shape index (κ2) is 6.23. The van der Waals surface area contributed by atoms with Gasteiger partial charge in [-0.05, 0) is 24.6 Å². The van der Waals surface area contributed by atoms with Crippen molar-refractivity contribution in [2.45, 2.75) is 11.8 Å². The maximum absolute atomic E-state index is 13.7. The minimum absolute atomic E-state index is 0.0221. The largest absolute Gasteiger partial charge is 0.395 e. The lowest BCUT2D eigenvalue weighted by atomic mass is 10.2. The average Bonchev–Trinajstić information content (AvgIpc) is 2.33. The van der Waals surface area contributed by atoms with Gasteiger partial charge in [0, 0.05) is 13.1 Å². The zero-order valence-electron chi connectivity index (χ0n) is 10.4. The third-order valence-electron chi connectivity index (χ3n) is 2.51. The maximum atomic E-state index is 13.7. The molecule has 1 aromatic rings. The Morgan fingerprint density at radius 3 is 2.53 bits per heavy atom. The van der Waals surface area contributed by atoms with Crippen molar-refractivity contribution in [3.63, 3.8) is 0 Å². The number of rotatable bonds is 6. The molecule has 0 bridgehead atoms. The van der Waals surface area contributed by atoms with Crippen LogP contribution in [-0.4, -0.2) is 37.5 Å². The summed E-state index contributed by atoms with van der Waals surface area (Å²) in [6.07, 6.45) is 1.30. The van der Waals surface area contributed by atoms with E-state index in [0.717, 1.165) is 10.4 Å². The number of sulfonamides is 1. The fraction of sp³-hybridized carbons (Fsp3) is 0.333. The molecule has 0 heterocycles. The Labute approximate surface area is 111 Å². The van der Waals surface area contributed by atoms with Crippen LogP contribution in [0.4, 0.5) is 8.78 Å². The smallest absolute Gasteiger partial charge is 0.246 e. The van der Waals surface area contributed by atoms with E-state index in [1.165, 1.54) is 13.0 Å². The number of aliphatic hydroxyl groups excluding tert-OH is 1. The third kappa shape index (κ3) is 3.37. The normalized spacial score (nSPS) is 11.8. The minimum atomic E-state index is -4.21. The van der Waals surface area contributed by atoms with Gasteiger partial charge in [-0.15, -0.1) is 6.58 Å². The highest BCUT2D eigenvalue weighted by atomic mass is 32.2. The van der Waals surface area contributed by atoms with Crippen molar-refractivity contribution in [2.24, 2.45) is 0 Å². The predicted octanol–water partition coefficient (Wildman–Crippen LogP) is 1.44. The number of aryl methyl sites for hydroxylation is 1. The van der Waals surface area contributed by atoms with Crippen molar-refractivity contribution in [3.8, 4) is 0 Å². The van der Waals surface area contributed by atoms with Gasteiger partial charge >= 0.3 is 0 Å². The van der Waals surface area contributed by atoms with Crippen LogP contribution < -0.4 is 0 Å². The van der Waals surface area contributed by atoms with Gasteiger partial charge in [-0.1, -0.05) is 6.08 Å². The van der Waals surface area contributed by atoms with Crippen LogP contribution in [0.5, 0.6) is 0 Å². The Kier molecular flexibility index (Phi) is 5.16. The number of hydrogen-bond donors (Lipinski definition) is 1. The Morgan fingerprint density at radius 1 is 1.37 bits per heavy atom. The summed E-state index contributed by atoms with van der Waals surface area (Å²) < 4.78 is 52.3. The molecular weight excluding hydrogens is 276 g/mol. The molecule has 1 aromatic carbocycles. The van der Waals surface area contributed by atoms with Crippen LogP contribution in [0.25, 0.3) is 0 Å². The highest BCUT2D eigenvalue weighted by Gasteiger charge is 2.27. The van der Waals surface area contributed by atoms with Gasteiger partial charge in [-0.2, -0.15) is 4.31 Å². The van der Waals surface area contributed by atoms with E-state index in [4.69, 9.17) is 5.11 Å². The van der Waals surface area contributed by atoms with Crippen LogP contribution in [0.1, 0.15) is 5.56 Å². The molecule has 0 unspecified atom stereocenters. The van der Waals surface area contributed by atoms with Crippen LogP contribution in [-0.2, 0) is 10.0 Å². The lowest BCUT2D eigenvalue weighted by Crippen LogP contribution is -2.34. The van der Waals surface area contributed by atoms with E-state index in [9.17, 15) is 17.2 Å². The number of hydrogen-bond acceptors (Lipinski definition) is 3. The molecule has 1 N–H and O–H groups in total. The molecule has 1 rings (SSSR count). The standard InChI is InChI=1S/C12H15F2NO3S/c1-3-4-15(5-6-16)19(17,18)12-8-10(13)9(2)7-11(12)14/h3,7-8,16H,1,4-6H2,2H3. The molecule has 0 aromatic heterocycles. The van der Waals surface area contributed by atoms with Gasteiger partial charge in [-0.3, -0.25) is 0 Å². The molecule has 0 aliphatic heterocycles. The van der Waals surface area contributed by atoms with E-state index in [0.29, 0.717) is 6.07 Å². The summed E-state index contributed by atoms with van der Waals surface area (Å²) in [6, 6.07) is 1.47. The fourth-order valence-corrected chi connectivity index (χ4v) is 2.99. The highest BCUT2D eigenvalue weighted by molar-refractivity contribution is 7.89. The zero-order chi connectivity index (χ0) is 14.6. The van der Waals surface area contributed by atoms with Gasteiger partial charge in [0.05, 0.1) is 6.61 Å². The molecule has 4 nitrogen and oxygen atoms in total. The molecule has 7 heteroatoms.